The number of hydrogen-bond acceptors (Lipinski definition) is 5. The number of ether oxygens (including phenoxy) is 1. The van der Waals surface area contributed by atoms with Crippen LogP contribution in [-0.2, 0) is 4.79 Å². The number of carboxylic acid groups (broad SMARTS) is 1. The fourth-order valence-electron chi connectivity index (χ4n) is 1.26. The predicted octanol–water partition coefficient (Wildman–Crippen LogP) is 1.17. The van der Waals surface area contributed by atoms with Gasteiger partial charge in [-0.1, -0.05) is 0 Å². The Morgan fingerprint density at radius 3 is 2.71 bits per heavy atom. The topological polar surface area (TPSA) is 75.6 Å². The summed E-state index contributed by atoms with van der Waals surface area (Å²) in [5, 5.41) is 8.63. The molecular formula is C11H17N3O3. The molecule has 0 saturated carbocycles. The maximum absolute atomic E-state index is 10.5. The molecule has 0 amide bonds. The van der Waals surface area contributed by atoms with Crippen molar-refractivity contribution >= 4 is 11.8 Å². The van der Waals surface area contributed by atoms with E-state index in [9.17, 15) is 4.79 Å². The minimum Gasteiger partial charge on any atom is -0.481 e. The van der Waals surface area contributed by atoms with Gasteiger partial charge in [0.1, 0.15) is 0 Å². The van der Waals surface area contributed by atoms with Crippen molar-refractivity contribution in [1.82, 2.24) is 9.97 Å². The normalized spacial score (nSPS) is 10.4. The molecule has 0 unspecified atom stereocenters. The Hall–Kier alpha value is -1.85. The summed E-state index contributed by atoms with van der Waals surface area (Å²) >= 11 is 0. The van der Waals surface area contributed by atoms with Gasteiger partial charge in [0.2, 0.25) is 0 Å². The van der Waals surface area contributed by atoms with Crippen molar-refractivity contribution in [1.29, 1.82) is 0 Å². The molecule has 1 N–H and O–H groups in total. The molecule has 1 rings (SSSR count). The van der Waals surface area contributed by atoms with Crippen LogP contribution < -0.4 is 9.64 Å². The molecule has 0 aliphatic carbocycles. The van der Waals surface area contributed by atoms with E-state index in [1.807, 2.05) is 13.8 Å². The Labute approximate surface area is 100 Å². The fourth-order valence-corrected chi connectivity index (χ4v) is 1.26. The van der Waals surface area contributed by atoms with Crippen LogP contribution in [0.4, 0.5) is 5.82 Å². The van der Waals surface area contributed by atoms with Gasteiger partial charge in [0, 0.05) is 26.0 Å². The number of aliphatic carboxylic acids is 1. The second-order valence-electron chi connectivity index (χ2n) is 3.92. The van der Waals surface area contributed by atoms with Crippen LogP contribution >= 0.6 is 0 Å². The van der Waals surface area contributed by atoms with Crippen molar-refractivity contribution in [2.75, 3.05) is 18.5 Å². The van der Waals surface area contributed by atoms with Crippen LogP contribution in [0.5, 0.6) is 5.88 Å². The van der Waals surface area contributed by atoms with E-state index in [1.54, 1.807) is 24.3 Å². The molecule has 1 aromatic rings. The van der Waals surface area contributed by atoms with E-state index in [0.29, 0.717) is 18.2 Å². The summed E-state index contributed by atoms with van der Waals surface area (Å²) in [6.07, 6.45) is 3.15. The lowest BCUT2D eigenvalue weighted by atomic mass is 10.4. The van der Waals surface area contributed by atoms with Crippen molar-refractivity contribution in [2.45, 2.75) is 26.4 Å². The molecule has 0 spiro atoms. The molecule has 6 heteroatoms. The third-order valence-corrected chi connectivity index (χ3v) is 2.02. The van der Waals surface area contributed by atoms with Gasteiger partial charge in [0.05, 0.1) is 12.5 Å². The number of hydrogen-bond donors (Lipinski definition) is 1. The lowest BCUT2D eigenvalue weighted by Crippen LogP contribution is -2.23. The molecular weight excluding hydrogens is 222 g/mol. The maximum Gasteiger partial charge on any atom is 0.305 e. The zero-order chi connectivity index (χ0) is 12.8. The van der Waals surface area contributed by atoms with E-state index in [-0.39, 0.29) is 12.5 Å². The standard InChI is InChI=1S/C11H17N3O3/c1-8(2)17-11-10(12-5-6-13-11)14(3)7-4-9(15)16/h5-6,8H,4,7H2,1-3H3,(H,15,16). The molecule has 0 aromatic carbocycles. The summed E-state index contributed by atoms with van der Waals surface area (Å²) in [6, 6.07) is 0. The summed E-state index contributed by atoms with van der Waals surface area (Å²) < 4.78 is 5.51. The molecule has 1 aromatic heterocycles. The Bertz CT molecular complexity index is 382. The molecule has 0 aliphatic rings. The highest BCUT2D eigenvalue weighted by Gasteiger charge is 2.13. The smallest absolute Gasteiger partial charge is 0.305 e. The molecule has 0 radical (unpaired) electrons. The molecule has 0 fully saturated rings. The first kappa shape index (κ1) is 13.2. The number of aromatic nitrogens is 2. The maximum atomic E-state index is 10.5. The highest BCUT2D eigenvalue weighted by molar-refractivity contribution is 5.67. The second-order valence-corrected chi connectivity index (χ2v) is 3.92. The van der Waals surface area contributed by atoms with E-state index in [1.165, 1.54) is 0 Å². The molecule has 1 heterocycles. The van der Waals surface area contributed by atoms with Crippen LogP contribution in [0.1, 0.15) is 20.3 Å². The Kier molecular flexibility index (Phi) is 4.68. The summed E-state index contributed by atoms with van der Waals surface area (Å²) in [6.45, 7) is 4.16. The van der Waals surface area contributed by atoms with E-state index in [2.05, 4.69) is 9.97 Å². The average molecular weight is 239 g/mol. The lowest BCUT2D eigenvalue weighted by Gasteiger charge is -2.20. The van der Waals surface area contributed by atoms with Gasteiger partial charge in [0.15, 0.2) is 5.82 Å². The van der Waals surface area contributed by atoms with Crippen LogP contribution in [0.15, 0.2) is 12.4 Å². The van der Waals surface area contributed by atoms with E-state index < -0.39 is 5.97 Å². The first-order chi connectivity index (χ1) is 8.00. The van der Waals surface area contributed by atoms with Crippen molar-refractivity contribution in [3.8, 4) is 5.88 Å². The Balaban J connectivity index is 2.77. The number of carbonyl (C=O) groups is 1. The van der Waals surface area contributed by atoms with Crippen LogP contribution in [0.3, 0.4) is 0 Å². The van der Waals surface area contributed by atoms with Gasteiger partial charge in [-0.25, -0.2) is 9.97 Å². The highest BCUT2D eigenvalue weighted by Crippen LogP contribution is 2.22. The Morgan fingerprint density at radius 2 is 2.12 bits per heavy atom. The molecule has 6 nitrogen and oxygen atoms in total. The first-order valence-electron chi connectivity index (χ1n) is 5.41. The highest BCUT2D eigenvalue weighted by atomic mass is 16.5. The van der Waals surface area contributed by atoms with Crippen molar-refractivity contribution in [3.63, 3.8) is 0 Å². The fraction of sp³-hybridized carbons (Fsp3) is 0.545. The third kappa shape index (κ3) is 4.26. The molecule has 94 valence electrons. The minimum atomic E-state index is -0.841. The zero-order valence-corrected chi connectivity index (χ0v) is 10.3. The summed E-state index contributed by atoms with van der Waals surface area (Å²) in [5.41, 5.74) is 0. The second kappa shape index (κ2) is 6.03. The van der Waals surface area contributed by atoms with Gasteiger partial charge in [-0.05, 0) is 13.8 Å². The van der Waals surface area contributed by atoms with E-state index in [4.69, 9.17) is 9.84 Å². The van der Waals surface area contributed by atoms with Crippen molar-refractivity contribution in [3.05, 3.63) is 12.4 Å². The van der Waals surface area contributed by atoms with Crippen LogP contribution in [0, 0.1) is 0 Å². The van der Waals surface area contributed by atoms with Crippen molar-refractivity contribution in [2.24, 2.45) is 0 Å². The van der Waals surface area contributed by atoms with Gasteiger partial charge >= 0.3 is 5.97 Å². The summed E-state index contributed by atoms with van der Waals surface area (Å²) in [7, 11) is 1.76. The molecule has 17 heavy (non-hydrogen) atoms. The van der Waals surface area contributed by atoms with Crippen LogP contribution in [0.25, 0.3) is 0 Å². The largest absolute Gasteiger partial charge is 0.481 e. The van der Waals surface area contributed by atoms with Crippen LogP contribution in [-0.4, -0.2) is 40.7 Å². The summed E-state index contributed by atoms with van der Waals surface area (Å²) in [5.74, 6) is 0.143. The number of rotatable bonds is 6. The quantitative estimate of drug-likeness (QED) is 0.803. The van der Waals surface area contributed by atoms with Crippen molar-refractivity contribution < 1.29 is 14.6 Å². The first-order valence-corrected chi connectivity index (χ1v) is 5.41. The van der Waals surface area contributed by atoms with Crippen LogP contribution in [0.2, 0.25) is 0 Å². The molecule has 0 aliphatic heterocycles. The molecule has 0 atom stereocenters. The van der Waals surface area contributed by atoms with E-state index >= 15 is 0 Å². The minimum absolute atomic E-state index is 0.00155. The third-order valence-electron chi connectivity index (χ3n) is 2.02. The average Bonchev–Trinajstić information content (AvgIpc) is 2.25. The van der Waals surface area contributed by atoms with Gasteiger partial charge in [-0.15, -0.1) is 0 Å². The number of carboxylic acids is 1. The van der Waals surface area contributed by atoms with Gasteiger partial charge in [-0.3, -0.25) is 4.79 Å². The van der Waals surface area contributed by atoms with Gasteiger partial charge in [-0.2, -0.15) is 0 Å². The van der Waals surface area contributed by atoms with E-state index in [0.717, 1.165) is 0 Å². The summed E-state index contributed by atoms with van der Waals surface area (Å²) in [4.78, 5) is 20.5. The van der Waals surface area contributed by atoms with Gasteiger partial charge in [0.25, 0.3) is 5.88 Å². The zero-order valence-electron chi connectivity index (χ0n) is 10.3. The number of nitrogens with zero attached hydrogens (tertiary/aromatic N) is 3. The molecule has 0 bridgehead atoms. The Morgan fingerprint density at radius 1 is 1.47 bits per heavy atom. The SMILES string of the molecule is CC(C)Oc1nccnc1N(C)CCC(=O)O. The monoisotopic (exact) mass is 239 g/mol. The molecule has 0 saturated heterocycles. The lowest BCUT2D eigenvalue weighted by molar-refractivity contribution is -0.136. The number of anilines is 1. The van der Waals surface area contributed by atoms with Gasteiger partial charge < -0.3 is 14.7 Å². The predicted molar refractivity (Wildman–Crippen MR) is 63.3 cm³/mol.